The number of hydrogen-bond donors (Lipinski definition) is 3. The average molecular weight is 389 g/mol. The Morgan fingerprint density at radius 3 is 2.57 bits per heavy atom. The van der Waals surface area contributed by atoms with Crippen LogP contribution in [0, 0.1) is 17.6 Å². The molecule has 0 saturated carbocycles. The summed E-state index contributed by atoms with van der Waals surface area (Å²) in [4.78, 5) is 12.6. The maximum Gasteiger partial charge on any atom is 0.226 e. The second-order valence-corrected chi connectivity index (χ2v) is 6.88. The minimum Gasteiger partial charge on any atom is -0.494 e. The van der Waals surface area contributed by atoms with Gasteiger partial charge >= 0.3 is 0 Å². The topological polar surface area (TPSA) is 62.4 Å². The number of nitrogens with one attached hydrogen (secondary N) is 3. The quantitative estimate of drug-likeness (QED) is 0.607. The van der Waals surface area contributed by atoms with Crippen molar-refractivity contribution >= 4 is 5.91 Å². The summed E-state index contributed by atoms with van der Waals surface area (Å²) in [6.45, 7) is 3.33. The number of carbonyl (C=O) groups is 1. The second-order valence-electron chi connectivity index (χ2n) is 6.88. The molecule has 1 saturated heterocycles. The Kier molecular flexibility index (Phi) is 6.95. The van der Waals surface area contributed by atoms with Crippen LogP contribution in [0.5, 0.6) is 5.75 Å². The molecule has 150 valence electrons. The largest absolute Gasteiger partial charge is 0.494 e. The SMILES string of the molecule is CCCCOc1ccc(C2NNCC2C(=O)NCc2cc(F)cc(F)c2)cc1. The third kappa shape index (κ3) is 5.27. The van der Waals surface area contributed by atoms with Crippen LogP contribution in [0.1, 0.15) is 36.9 Å². The molecule has 3 rings (SSSR count). The zero-order valence-electron chi connectivity index (χ0n) is 15.8. The van der Waals surface area contributed by atoms with Crippen LogP contribution in [0.2, 0.25) is 0 Å². The lowest BCUT2D eigenvalue weighted by molar-refractivity contribution is -0.125. The van der Waals surface area contributed by atoms with Gasteiger partial charge in [0, 0.05) is 19.2 Å². The molecule has 2 aromatic rings. The van der Waals surface area contributed by atoms with Crippen molar-refractivity contribution in [3.05, 3.63) is 65.2 Å². The molecule has 1 heterocycles. The molecule has 3 N–H and O–H groups in total. The molecule has 28 heavy (non-hydrogen) atoms. The van der Waals surface area contributed by atoms with E-state index in [1.807, 2.05) is 24.3 Å². The molecule has 1 aliphatic heterocycles. The Balaban J connectivity index is 1.59. The van der Waals surface area contributed by atoms with E-state index >= 15 is 0 Å². The number of rotatable bonds is 8. The number of ether oxygens (including phenoxy) is 1. The molecule has 0 aromatic heterocycles. The van der Waals surface area contributed by atoms with E-state index in [1.54, 1.807) is 0 Å². The van der Waals surface area contributed by atoms with Crippen molar-refractivity contribution in [2.75, 3.05) is 13.2 Å². The lowest BCUT2D eigenvalue weighted by Gasteiger charge is -2.19. The Hall–Kier alpha value is -2.51. The maximum atomic E-state index is 13.3. The second kappa shape index (κ2) is 9.61. The molecule has 5 nitrogen and oxygen atoms in total. The molecule has 1 aliphatic rings. The van der Waals surface area contributed by atoms with Gasteiger partial charge < -0.3 is 10.1 Å². The van der Waals surface area contributed by atoms with Gasteiger partial charge in [0.25, 0.3) is 0 Å². The van der Waals surface area contributed by atoms with Gasteiger partial charge in [-0.2, -0.15) is 0 Å². The van der Waals surface area contributed by atoms with E-state index in [-0.39, 0.29) is 24.4 Å². The van der Waals surface area contributed by atoms with Crippen LogP contribution in [0.3, 0.4) is 0 Å². The normalized spacial score (nSPS) is 18.8. The van der Waals surface area contributed by atoms with Gasteiger partial charge in [-0.25, -0.2) is 14.2 Å². The van der Waals surface area contributed by atoms with Crippen molar-refractivity contribution in [3.8, 4) is 5.75 Å². The first-order valence-corrected chi connectivity index (χ1v) is 9.50. The zero-order valence-corrected chi connectivity index (χ0v) is 15.8. The van der Waals surface area contributed by atoms with Crippen LogP contribution in [0.4, 0.5) is 8.78 Å². The lowest BCUT2D eigenvalue weighted by Crippen LogP contribution is -2.34. The first kappa shape index (κ1) is 20.2. The van der Waals surface area contributed by atoms with Crippen molar-refractivity contribution in [2.45, 2.75) is 32.4 Å². The van der Waals surface area contributed by atoms with E-state index in [0.29, 0.717) is 18.7 Å². The maximum absolute atomic E-state index is 13.3. The molecule has 0 radical (unpaired) electrons. The molecule has 1 fully saturated rings. The van der Waals surface area contributed by atoms with Crippen LogP contribution in [0.25, 0.3) is 0 Å². The van der Waals surface area contributed by atoms with Gasteiger partial charge in [0.05, 0.1) is 18.6 Å². The Labute approximate surface area is 163 Å². The van der Waals surface area contributed by atoms with Gasteiger partial charge in [0.2, 0.25) is 5.91 Å². The van der Waals surface area contributed by atoms with Gasteiger partial charge in [-0.05, 0) is 41.8 Å². The van der Waals surface area contributed by atoms with Crippen LogP contribution >= 0.6 is 0 Å². The first-order chi connectivity index (χ1) is 13.6. The summed E-state index contributed by atoms with van der Waals surface area (Å²) in [7, 11) is 0. The van der Waals surface area contributed by atoms with Gasteiger partial charge in [0.1, 0.15) is 17.4 Å². The van der Waals surface area contributed by atoms with Gasteiger partial charge in [-0.15, -0.1) is 0 Å². The monoisotopic (exact) mass is 389 g/mol. The molecule has 0 aliphatic carbocycles. The summed E-state index contributed by atoms with van der Waals surface area (Å²) < 4.78 is 32.2. The van der Waals surface area contributed by atoms with Crippen LogP contribution < -0.4 is 20.9 Å². The van der Waals surface area contributed by atoms with Crippen LogP contribution in [-0.4, -0.2) is 19.1 Å². The molecular weight excluding hydrogens is 364 g/mol. The number of hydrazine groups is 1. The third-order valence-corrected chi connectivity index (χ3v) is 4.71. The van der Waals surface area contributed by atoms with Gasteiger partial charge in [0.15, 0.2) is 0 Å². The molecule has 2 unspecified atom stereocenters. The fraction of sp³-hybridized carbons (Fsp3) is 0.381. The van der Waals surface area contributed by atoms with Crippen molar-refractivity contribution in [2.24, 2.45) is 5.92 Å². The smallest absolute Gasteiger partial charge is 0.226 e. The van der Waals surface area contributed by atoms with Gasteiger partial charge in [-0.1, -0.05) is 25.5 Å². The minimum atomic E-state index is -0.660. The summed E-state index contributed by atoms with van der Waals surface area (Å²) in [6.07, 6.45) is 2.09. The summed E-state index contributed by atoms with van der Waals surface area (Å²) in [5, 5.41) is 2.76. The Morgan fingerprint density at radius 1 is 1.18 bits per heavy atom. The van der Waals surface area contributed by atoms with E-state index in [4.69, 9.17) is 4.74 Å². The average Bonchev–Trinajstić information content (AvgIpc) is 3.16. The molecule has 0 bridgehead atoms. The molecule has 2 atom stereocenters. The molecule has 1 amide bonds. The van der Waals surface area contributed by atoms with E-state index in [1.165, 1.54) is 12.1 Å². The molecule has 7 heteroatoms. The van der Waals surface area contributed by atoms with E-state index < -0.39 is 11.6 Å². The number of amides is 1. The van der Waals surface area contributed by atoms with Crippen LogP contribution in [0.15, 0.2) is 42.5 Å². The number of benzene rings is 2. The van der Waals surface area contributed by atoms with Crippen LogP contribution in [-0.2, 0) is 11.3 Å². The summed E-state index contributed by atoms with van der Waals surface area (Å²) in [5.41, 5.74) is 7.48. The molecular formula is C21H25F2N3O2. The highest BCUT2D eigenvalue weighted by Crippen LogP contribution is 2.27. The number of unbranched alkanes of at least 4 members (excludes halogenated alkanes) is 1. The summed E-state index contributed by atoms with van der Waals surface area (Å²) in [5.74, 6) is -1.04. The Bertz CT molecular complexity index is 778. The highest BCUT2D eigenvalue weighted by molar-refractivity contribution is 5.80. The van der Waals surface area contributed by atoms with Crippen molar-refractivity contribution < 1.29 is 18.3 Å². The third-order valence-electron chi connectivity index (χ3n) is 4.71. The fourth-order valence-corrected chi connectivity index (χ4v) is 3.20. The number of halogens is 2. The summed E-state index contributed by atoms with van der Waals surface area (Å²) >= 11 is 0. The number of carbonyl (C=O) groups excluding carboxylic acids is 1. The fourth-order valence-electron chi connectivity index (χ4n) is 3.20. The van der Waals surface area contributed by atoms with Gasteiger partial charge in [-0.3, -0.25) is 10.2 Å². The van der Waals surface area contributed by atoms with Crippen molar-refractivity contribution in [1.82, 2.24) is 16.2 Å². The number of hydrogen-bond acceptors (Lipinski definition) is 4. The van der Waals surface area contributed by atoms with Crippen molar-refractivity contribution in [1.29, 1.82) is 0 Å². The lowest BCUT2D eigenvalue weighted by atomic mass is 9.94. The first-order valence-electron chi connectivity index (χ1n) is 9.50. The Morgan fingerprint density at radius 2 is 1.89 bits per heavy atom. The van der Waals surface area contributed by atoms with E-state index in [2.05, 4.69) is 23.1 Å². The van der Waals surface area contributed by atoms with E-state index in [9.17, 15) is 13.6 Å². The summed E-state index contributed by atoms with van der Waals surface area (Å²) in [6, 6.07) is 10.7. The highest BCUT2D eigenvalue weighted by Gasteiger charge is 2.33. The highest BCUT2D eigenvalue weighted by atomic mass is 19.1. The standard InChI is InChI=1S/C21H25F2N3O2/c1-2-3-8-28-18-6-4-15(5-7-18)20-19(13-25-26-20)21(27)24-12-14-9-16(22)11-17(23)10-14/h4-7,9-11,19-20,25-26H,2-3,8,12-13H2,1H3,(H,24,27). The van der Waals surface area contributed by atoms with Crippen molar-refractivity contribution in [3.63, 3.8) is 0 Å². The predicted molar refractivity (Wildman–Crippen MR) is 102 cm³/mol. The molecule has 2 aromatic carbocycles. The predicted octanol–water partition coefficient (Wildman–Crippen LogP) is 3.23. The minimum absolute atomic E-state index is 0.0704. The zero-order chi connectivity index (χ0) is 19.9. The van der Waals surface area contributed by atoms with E-state index in [0.717, 1.165) is 30.2 Å². The molecule has 0 spiro atoms.